The van der Waals surface area contributed by atoms with Crippen LogP contribution in [0.4, 0.5) is 11.4 Å². The highest BCUT2D eigenvalue weighted by atomic mass is 35.5. The number of non-ortho nitro benzene ring substituents is 1. The monoisotopic (exact) mass is 508 g/mol. The summed E-state index contributed by atoms with van der Waals surface area (Å²) in [7, 11) is 0. The van der Waals surface area contributed by atoms with E-state index in [0.29, 0.717) is 21.8 Å². The molecular formula is C26H21ClN2O7. The van der Waals surface area contributed by atoms with Crippen molar-refractivity contribution in [2.24, 2.45) is 0 Å². The van der Waals surface area contributed by atoms with Gasteiger partial charge < -0.3 is 14.9 Å². The number of aliphatic hydroxyl groups is 1. The molecule has 0 aliphatic carbocycles. The van der Waals surface area contributed by atoms with Gasteiger partial charge in [0.2, 0.25) is 0 Å². The summed E-state index contributed by atoms with van der Waals surface area (Å²) >= 11 is 6.30. The average Bonchev–Trinajstić information content (AvgIpc) is 3.12. The van der Waals surface area contributed by atoms with Crippen LogP contribution in [0.2, 0.25) is 5.02 Å². The lowest BCUT2D eigenvalue weighted by molar-refractivity contribution is -0.384. The predicted octanol–water partition coefficient (Wildman–Crippen LogP) is 5.29. The van der Waals surface area contributed by atoms with Crippen molar-refractivity contribution in [2.45, 2.75) is 19.9 Å². The van der Waals surface area contributed by atoms with Gasteiger partial charge in [-0.15, -0.1) is 0 Å². The molecule has 3 aromatic rings. The lowest BCUT2D eigenvalue weighted by atomic mass is 9.94. The Morgan fingerprint density at radius 2 is 1.86 bits per heavy atom. The number of anilines is 1. The number of ketones is 1. The first-order valence-electron chi connectivity index (χ1n) is 10.9. The van der Waals surface area contributed by atoms with Crippen LogP contribution in [0.25, 0.3) is 5.76 Å². The van der Waals surface area contributed by atoms with Gasteiger partial charge in [-0.2, -0.15) is 0 Å². The maximum Gasteiger partial charge on any atom is 0.300 e. The van der Waals surface area contributed by atoms with E-state index in [1.807, 2.05) is 0 Å². The summed E-state index contributed by atoms with van der Waals surface area (Å²) in [5.74, 6) is -2.48. The Bertz CT molecular complexity index is 1430. The van der Waals surface area contributed by atoms with Crippen LogP contribution < -0.4 is 9.64 Å². The van der Waals surface area contributed by atoms with Crippen molar-refractivity contribution in [1.82, 2.24) is 0 Å². The number of amides is 1. The fourth-order valence-electron chi connectivity index (χ4n) is 4.15. The largest absolute Gasteiger partial charge is 0.507 e. The normalized spacial score (nSPS) is 16.9. The molecule has 1 aliphatic rings. The summed E-state index contributed by atoms with van der Waals surface area (Å²) in [5.41, 5.74) is 0.677. The smallest absolute Gasteiger partial charge is 0.300 e. The number of nitrogens with zero attached hydrogens (tertiary/aromatic N) is 2. The van der Waals surface area contributed by atoms with Crippen molar-refractivity contribution in [3.8, 4) is 11.5 Å². The summed E-state index contributed by atoms with van der Waals surface area (Å²) < 4.78 is 5.48. The second kappa shape index (κ2) is 9.71. The highest BCUT2D eigenvalue weighted by Crippen LogP contribution is 2.45. The third kappa shape index (κ3) is 4.25. The first-order valence-corrected chi connectivity index (χ1v) is 11.3. The molecule has 0 radical (unpaired) electrons. The van der Waals surface area contributed by atoms with E-state index < -0.39 is 28.4 Å². The molecule has 4 rings (SSSR count). The van der Waals surface area contributed by atoms with Gasteiger partial charge in [-0.1, -0.05) is 35.9 Å². The number of rotatable bonds is 6. The number of nitro groups is 1. The van der Waals surface area contributed by atoms with Gasteiger partial charge in [0.25, 0.3) is 17.4 Å². The van der Waals surface area contributed by atoms with Crippen molar-refractivity contribution < 1.29 is 29.5 Å². The summed E-state index contributed by atoms with van der Waals surface area (Å²) in [6.07, 6.45) is 0. The standard InChI is InChI=1S/C26H21ClN2O7/c1-3-36-21-13-15(10-11-20(21)30)23-22(24(31)16-6-4-7-17(12-16)29(34)35)25(32)26(33)28(23)19-9-5-8-18(27)14(19)2/h4-13,23,30-31H,3H2,1-2H3/b24-22+. The molecule has 9 nitrogen and oxygen atoms in total. The Kier molecular flexibility index (Phi) is 6.67. The molecule has 3 aromatic carbocycles. The van der Waals surface area contributed by atoms with E-state index >= 15 is 0 Å². The zero-order chi connectivity index (χ0) is 26.1. The summed E-state index contributed by atoms with van der Waals surface area (Å²) in [5, 5.41) is 33.0. The lowest BCUT2D eigenvalue weighted by Crippen LogP contribution is -2.30. The molecule has 1 saturated heterocycles. The van der Waals surface area contributed by atoms with Gasteiger partial charge in [-0.25, -0.2) is 0 Å². The van der Waals surface area contributed by atoms with E-state index in [1.165, 1.54) is 41.3 Å². The number of aliphatic hydroxyl groups excluding tert-OH is 1. The minimum Gasteiger partial charge on any atom is -0.507 e. The lowest BCUT2D eigenvalue weighted by Gasteiger charge is -2.27. The van der Waals surface area contributed by atoms with Gasteiger partial charge in [0.1, 0.15) is 5.76 Å². The second-order valence-corrected chi connectivity index (χ2v) is 8.43. The Balaban J connectivity index is 2.00. The van der Waals surface area contributed by atoms with Crippen molar-refractivity contribution in [3.05, 3.63) is 98.1 Å². The summed E-state index contributed by atoms with van der Waals surface area (Å²) in [6, 6.07) is 13.2. The molecule has 1 heterocycles. The Morgan fingerprint density at radius 1 is 1.14 bits per heavy atom. The third-order valence-corrected chi connectivity index (χ3v) is 6.28. The number of Topliss-reactive ketones (excluding diaryl/α,β-unsaturated/α-hetero) is 1. The molecule has 184 valence electrons. The van der Waals surface area contributed by atoms with Crippen LogP contribution in [0, 0.1) is 17.0 Å². The molecule has 2 N–H and O–H groups in total. The van der Waals surface area contributed by atoms with Crippen molar-refractivity contribution in [2.75, 3.05) is 11.5 Å². The molecule has 0 aromatic heterocycles. The van der Waals surface area contributed by atoms with E-state index in [0.717, 1.165) is 6.07 Å². The number of hydrogen-bond donors (Lipinski definition) is 2. The maximum absolute atomic E-state index is 13.4. The topological polar surface area (TPSA) is 130 Å². The van der Waals surface area contributed by atoms with Crippen LogP contribution in [-0.2, 0) is 9.59 Å². The van der Waals surface area contributed by atoms with Crippen LogP contribution in [0.5, 0.6) is 11.5 Å². The minimum atomic E-state index is -1.14. The van der Waals surface area contributed by atoms with Gasteiger partial charge in [0.15, 0.2) is 11.5 Å². The van der Waals surface area contributed by atoms with E-state index in [9.17, 15) is 29.9 Å². The molecule has 0 bridgehead atoms. The van der Waals surface area contributed by atoms with Crippen LogP contribution in [0.3, 0.4) is 0 Å². The number of aromatic hydroxyl groups is 1. The highest BCUT2D eigenvalue weighted by Gasteiger charge is 2.47. The van der Waals surface area contributed by atoms with E-state index in [4.69, 9.17) is 16.3 Å². The third-order valence-electron chi connectivity index (χ3n) is 5.87. The van der Waals surface area contributed by atoms with Gasteiger partial charge in [-0.3, -0.25) is 24.6 Å². The molecule has 1 unspecified atom stereocenters. The summed E-state index contributed by atoms with van der Waals surface area (Å²) in [6.45, 7) is 3.67. The number of phenols is 1. The number of hydrogen-bond acceptors (Lipinski definition) is 7. The SMILES string of the molecule is CCOc1cc(C2/C(=C(\O)c3cccc([N+](=O)[O-])c3)C(=O)C(=O)N2c2cccc(Cl)c2C)ccc1O. The van der Waals surface area contributed by atoms with E-state index in [2.05, 4.69) is 0 Å². The predicted molar refractivity (Wildman–Crippen MR) is 133 cm³/mol. The number of ether oxygens (including phenoxy) is 1. The number of phenolic OH excluding ortho intramolecular Hbond substituents is 1. The van der Waals surface area contributed by atoms with E-state index in [1.54, 1.807) is 32.0 Å². The van der Waals surface area contributed by atoms with Crippen LogP contribution >= 0.6 is 11.6 Å². The first kappa shape index (κ1) is 24.7. The number of nitro benzene ring substituents is 1. The molecular weight excluding hydrogens is 488 g/mol. The molecule has 1 atom stereocenters. The van der Waals surface area contributed by atoms with Crippen LogP contribution in [0.1, 0.15) is 29.7 Å². The number of benzene rings is 3. The Morgan fingerprint density at radius 3 is 2.56 bits per heavy atom. The quantitative estimate of drug-likeness (QED) is 0.152. The van der Waals surface area contributed by atoms with Crippen molar-refractivity contribution in [1.29, 1.82) is 0 Å². The molecule has 0 saturated carbocycles. The van der Waals surface area contributed by atoms with E-state index in [-0.39, 0.29) is 34.9 Å². The second-order valence-electron chi connectivity index (χ2n) is 8.02. The minimum absolute atomic E-state index is 0.00109. The number of carbonyl (C=O) groups is 2. The Labute approximate surface area is 211 Å². The van der Waals surface area contributed by atoms with Gasteiger partial charge in [-0.05, 0) is 49.2 Å². The van der Waals surface area contributed by atoms with Crippen LogP contribution in [0.15, 0.2) is 66.2 Å². The average molecular weight is 509 g/mol. The van der Waals surface area contributed by atoms with Gasteiger partial charge >= 0.3 is 0 Å². The van der Waals surface area contributed by atoms with Crippen molar-refractivity contribution in [3.63, 3.8) is 0 Å². The highest BCUT2D eigenvalue weighted by molar-refractivity contribution is 6.52. The molecule has 36 heavy (non-hydrogen) atoms. The zero-order valence-electron chi connectivity index (χ0n) is 19.3. The fourth-order valence-corrected chi connectivity index (χ4v) is 4.32. The zero-order valence-corrected chi connectivity index (χ0v) is 20.0. The summed E-state index contributed by atoms with van der Waals surface area (Å²) in [4.78, 5) is 38.5. The maximum atomic E-state index is 13.4. The fraction of sp³-hybridized carbons (Fsp3) is 0.154. The van der Waals surface area contributed by atoms with Gasteiger partial charge in [0.05, 0.1) is 23.1 Å². The molecule has 1 fully saturated rings. The van der Waals surface area contributed by atoms with Crippen LogP contribution in [-0.4, -0.2) is 33.4 Å². The molecule has 0 spiro atoms. The molecule has 1 amide bonds. The molecule has 10 heteroatoms. The Hall–Kier alpha value is -4.37. The van der Waals surface area contributed by atoms with Crippen molar-refractivity contribution >= 4 is 40.4 Å². The first-order chi connectivity index (χ1) is 17.1. The number of halogens is 1. The van der Waals surface area contributed by atoms with Gasteiger partial charge in [0, 0.05) is 28.4 Å². The molecule has 1 aliphatic heterocycles. The number of carbonyl (C=O) groups excluding carboxylic acids is 2.